The van der Waals surface area contributed by atoms with Crippen molar-refractivity contribution in [2.75, 3.05) is 6.54 Å². The Morgan fingerprint density at radius 3 is 2.70 bits per heavy atom. The topological polar surface area (TPSA) is 84.3 Å². The summed E-state index contributed by atoms with van der Waals surface area (Å²) in [6, 6.07) is 4.48. The van der Waals surface area contributed by atoms with Crippen LogP contribution in [0.3, 0.4) is 0 Å². The summed E-state index contributed by atoms with van der Waals surface area (Å²) in [6.45, 7) is 4.79. The summed E-state index contributed by atoms with van der Waals surface area (Å²) in [6.07, 6.45) is 0.378. The number of carbonyl (C=O) groups excluding carboxylic acids is 1. The van der Waals surface area contributed by atoms with Crippen molar-refractivity contribution in [1.29, 1.82) is 0 Å². The highest BCUT2D eigenvalue weighted by Gasteiger charge is 2.09. The summed E-state index contributed by atoms with van der Waals surface area (Å²) < 4.78 is 0. The first-order valence-electron chi connectivity index (χ1n) is 6.33. The molecule has 1 rings (SSSR count). The van der Waals surface area contributed by atoms with Gasteiger partial charge in [0.2, 0.25) is 5.91 Å². The maximum Gasteiger partial charge on any atom is 0.270 e. The van der Waals surface area contributed by atoms with Gasteiger partial charge in [0, 0.05) is 37.7 Å². The predicted molar refractivity (Wildman–Crippen MR) is 77.7 cm³/mol. The number of nitro groups is 1. The number of non-ortho nitro benzene ring substituents is 1. The third kappa shape index (κ3) is 5.54. The first-order chi connectivity index (χ1) is 9.40. The fourth-order valence-corrected chi connectivity index (χ4v) is 1.85. The number of nitrogens with one attached hydrogen (secondary N) is 2. The number of hydrogen-bond acceptors (Lipinski definition) is 4. The molecule has 0 heterocycles. The molecule has 1 aromatic rings. The number of rotatable bonds is 7. The highest BCUT2D eigenvalue weighted by Crippen LogP contribution is 2.22. The quantitative estimate of drug-likeness (QED) is 0.459. The molecular formula is C13H18ClN3O3. The first-order valence-corrected chi connectivity index (χ1v) is 6.71. The molecule has 0 aromatic heterocycles. The lowest BCUT2D eigenvalue weighted by molar-refractivity contribution is -0.384. The van der Waals surface area contributed by atoms with Gasteiger partial charge in [0.1, 0.15) is 0 Å². The summed E-state index contributed by atoms with van der Waals surface area (Å²) in [7, 11) is 0. The molecule has 1 aromatic carbocycles. The van der Waals surface area contributed by atoms with Crippen molar-refractivity contribution in [3.8, 4) is 0 Å². The standard InChI is InChI=1S/C13H18ClN3O3/c1-9(2)16-13(18)5-6-15-8-10-3-4-11(17(19)20)7-12(10)14/h3-4,7,9,15H,5-6,8H2,1-2H3,(H,16,18). The molecule has 0 saturated carbocycles. The second kappa shape index (κ2) is 7.81. The number of carbonyl (C=O) groups is 1. The summed E-state index contributed by atoms with van der Waals surface area (Å²) in [5.74, 6) is -0.0118. The minimum Gasteiger partial charge on any atom is -0.354 e. The third-order valence-electron chi connectivity index (χ3n) is 2.54. The zero-order valence-corrected chi connectivity index (χ0v) is 12.2. The molecule has 0 radical (unpaired) electrons. The number of amides is 1. The first kappa shape index (κ1) is 16.4. The van der Waals surface area contributed by atoms with Crippen LogP contribution in [-0.4, -0.2) is 23.4 Å². The molecule has 110 valence electrons. The smallest absolute Gasteiger partial charge is 0.270 e. The van der Waals surface area contributed by atoms with Crippen molar-refractivity contribution in [3.05, 3.63) is 38.9 Å². The van der Waals surface area contributed by atoms with Crippen LogP contribution < -0.4 is 10.6 Å². The van der Waals surface area contributed by atoms with E-state index in [2.05, 4.69) is 10.6 Å². The van der Waals surface area contributed by atoms with Crippen LogP contribution in [0.1, 0.15) is 25.8 Å². The van der Waals surface area contributed by atoms with E-state index >= 15 is 0 Å². The van der Waals surface area contributed by atoms with Gasteiger partial charge in [-0.05, 0) is 25.5 Å². The van der Waals surface area contributed by atoms with Gasteiger partial charge in [0.05, 0.1) is 9.95 Å². The van der Waals surface area contributed by atoms with Gasteiger partial charge >= 0.3 is 0 Å². The van der Waals surface area contributed by atoms with Crippen molar-refractivity contribution >= 4 is 23.2 Å². The molecule has 1 amide bonds. The van der Waals surface area contributed by atoms with E-state index in [0.29, 0.717) is 24.5 Å². The molecule has 0 unspecified atom stereocenters. The van der Waals surface area contributed by atoms with Crippen LogP contribution in [0.25, 0.3) is 0 Å². The van der Waals surface area contributed by atoms with Crippen molar-refractivity contribution < 1.29 is 9.72 Å². The van der Waals surface area contributed by atoms with Crippen LogP contribution in [0.2, 0.25) is 5.02 Å². The van der Waals surface area contributed by atoms with E-state index in [4.69, 9.17) is 11.6 Å². The minimum absolute atomic E-state index is 0.0118. The van der Waals surface area contributed by atoms with E-state index in [1.54, 1.807) is 6.07 Å². The van der Waals surface area contributed by atoms with Crippen molar-refractivity contribution in [3.63, 3.8) is 0 Å². The molecule has 0 saturated heterocycles. The van der Waals surface area contributed by atoms with Gasteiger partial charge in [-0.25, -0.2) is 0 Å². The molecule has 0 aliphatic heterocycles. The molecule has 0 aliphatic carbocycles. The normalized spacial score (nSPS) is 10.6. The molecule has 7 heteroatoms. The lowest BCUT2D eigenvalue weighted by Crippen LogP contribution is -2.32. The van der Waals surface area contributed by atoms with Crippen LogP contribution in [0.5, 0.6) is 0 Å². The largest absolute Gasteiger partial charge is 0.354 e. The van der Waals surface area contributed by atoms with Gasteiger partial charge in [-0.3, -0.25) is 14.9 Å². The Labute approximate surface area is 122 Å². The summed E-state index contributed by atoms with van der Waals surface area (Å²) >= 11 is 5.96. The van der Waals surface area contributed by atoms with Gasteiger partial charge in [-0.15, -0.1) is 0 Å². The average molecular weight is 300 g/mol. The predicted octanol–water partition coefficient (Wildman–Crippen LogP) is 2.25. The Bertz CT molecular complexity index is 492. The van der Waals surface area contributed by atoms with E-state index in [0.717, 1.165) is 5.56 Å². The van der Waals surface area contributed by atoms with E-state index in [1.807, 2.05) is 13.8 Å². The number of hydrogen-bond donors (Lipinski definition) is 2. The Morgan fingerprint density at radius 2 is 2.15 bits per heavy atom. The van der Waals surface area contributed by atoms with Gasteiger partial charge < -0.3 is 10.6 Å². The van der Waals surface area contributed by atoms with E-state index < -0.39 is 4.92 Å². The fourth-order valence-electron chi connectivity index (χ4n) is 1.61. The monoisotopic (exact) mass is 299 g/mol. The highest BCUT2D eigenvalue weighted by atomic mass is 35.5. The number of halogens is 1. The SMILES string of the molecule is CC(C)NC(=O)CCNCc1ccc([N+](=O)[O-])cc1Cl. The highest BCUT2D eigenvalue weighted by molar-refractivity contribution is 6.31. The Kier molecular flexibility index (Phi) is 6.41. The Morgan fingerprint density at radius 1 is 1.45 bits per heavy atom. The van der Waals surface area contributed by atoms with Gasteiger partial charge in [-0.1, -0.05) is 11.6 Å². The molecule has 0 spiro atoms. The van der Waals surface area contributed by atoms with Gasteiger partial charge in [0.25, 0.3) is 5.69 Å². The number of nitrogens with zero attached hydrogens (tertiary/aromatic N) is 1. The lowest BCUT2D eigenvalue weighted by Gasteiger charge is -2.09. The molecule has 6 nitrogen and oxygen atoms in total. The minimum atomic E-state index is -0.487. The molecule has 2 N–H and O–H groups in total. The molecule has 20 heavy (non-hydrogen) atoms. The van der Waals surface area contributed by atoms with Crippen molar-refractivity contribution in [1.82, 2.24) is 10.6 Å². The molecule has 0 bridgehead atoms. The van der Waals surface area contributed by atoms with E-state index in [-0.39, 0.29) is 17.6 Å². The van der Waals surface area contributed by atoms with Gasteiger partial charge in [-0.2, -0.15) is 0 Å². The third-order valence-corrected chi connectivity index (χ3v) is 2.89. The molecule has 0 fully saturated rings. The number of benzene rings is 1. The van der Waals surface area contributed by atoms with E-state index in [9.17, 15) is 14.9 Å². The van der Waals surface area contributed by atoms with Crippen LogP contribution >= 0.6 is 11.6 Å². The Balaban J connectivity index is 2.39. The number of nitro benzene ring substituents is 1. The molecular weight excluding hydrogens is 282 g/mol. The van der Waals surface area contributed by atoms with Crippen molar-refractivity contribution in [2.45, 2.75) is 32.9 Å². The fraction of sp³-hybridized carbons (Fsp3) is 0.462. The Hall–Kier alpha value is -1.66. The zero-order chi connectivity index (χ0) is 15.1. The van der Waals surface area contributed by atoms with Gasteiger partial charge in [0.15, 0.2) is 0 Å². The van der Waals surface area contributed by atoms with E-state index in [1.165, 1.54) is 12.1 Å². The van der Waals surface area contributed by atoms with Crippen molar-refractivity contribution in [2.24, 2.45) is 0 Å². The van der Waals surface area contributed by atoms with Crippen LogP contribution in [-0.2, 0) is 11.3 Å². The summed E-state index contributed by atoms with van der Waals surface area (Å²) in [5.41, 5.74) is 0.733. The van der Waals surface area contributed by atoms with Crippen LogP contribution in [0.4, 0.5) is 5.69 Å². The van der Waals surface area contributed by atoms with Crippen LogP contribution in [0, 0.1) is 10.1 Å². The van der Waals surface area contributed by atoms with Crippen LogP contribution in [0.15, 0.2) is 18.2 Å². The lowest BCUT2D eigenvalue weighted by atomic mass is 10.2. The maximum atomic E-state index is 11.4. The molecule has 0 aliphatic rings. The molecule has 0 atom stereocenters. The average Bonchev–Trinajstić information content (AvgIpc) is 2.35. The maximum absolute atomic E-state index is 11.4. The second-order valence-electron chi connectivity index (χ2n) is 4.68. The second-order valence-corrected chi connectivity index (χ2v) is 5.09. The zero-order valence-electron chi connectivity index (χ0n) is 11.5. The summed E-state index contributed by atoms with van der Waals surface area (Å²) in [4.78, 5) is 21.5. The summed E-state index contributed by atoms with van der Waals surface area (Å²) in [5, 5.41) is 16.8.